The summed E-state index contributed by atoms with van der Waals surface area (Å²) in [6.45, 7) is 1.68. The Morgan fingerprint density at radius 2 is 2.14 bits per heavy atom. The van der Waals surface area contributed by atoms with Gasteiger partial charge in [-0.2, -0.15) is 0 Å². The summed E-state index contributed by atoms with van der Waals surface area (Å²) < 4.78 is 11.3. The van der Waals surface area contributed by atoms with Crippen LogP contribution in [-0.2, 0) is 14.3 Å². The maximum Gasteiger partial charge on any atom is 0.323 e. The highest BCUT2D eigenvalue weighted by molar-refractivity contribution is 9.10. The number of carboxylic acid groups (broad SMARTS) is 1. The number of benzene rings is 1. The van der Waals surface area contributed by atoms with Crippen molar-refractivity contribution in [1.82, 2.24) is 4.90 Å². The zero-order chi connectivity index (χ0) is 15.8. The molecular formula is C14H18BrNO5. The fourth-order valence-electron chi connectivity index (χ4n) is 1.68. The number of methoxy groups -OCH3 is 1. The summed E-state index contributed by atoms with van der Waals surface area (Å²) in [4.78, 5) is 24.3. The van der Waals surface area contributed by atoms with Gasteiger partial charge in [-0.25, -0.2) is 0 Å². The Bertz CT molecular complexity index is 494. The van der Waals surface area contributed by atoms with Crippen LogP contribution in [0, 0.1) is 0 Å². The molecule has 1 rings (SSSR count). The fraction of sp³-hybridized carbons (Fsp3) is 0.429. The molecule has 0 radical (unpaired) electrons. The van der Waals surface area contributed by atoms with Crippen LogP contribution in [0.1, 0.15) is 6.92 Å². The first-order chi connectivity index (χ1) is 9.93. The highest BCUT2D eigenvalue weighted by atomic mass is 79.9. The minimum absolute atomic E-state index is 0.202. The number of aliphatic carboxylic acids is 1. The van der Waals surface area contributed by atoms with Crippen LogP contribution in [0.2, 0.25) is 0 Å². The van der Waals surface area contributed by atoms with E-state index in [0.29, 0.717) is 5.75 Å². The topological polar surface area (TPSA) is 76.1 Å². The lowest BCUT2D eigenvalue weighted by atomic mass is 10.3. The van der Waals surface area contributed by atoms with Crippen molar-refractivity contribution < 1.29 is 24.2 Å². The van der Waals surface area contributed by atoms with Crippen LogP contribution in [0.5, 0.6) is 5.75 Å². The van der Waals surface area contributed by atoms with Gasteiger partial charge in [0.1, 0.15) is 12.3 Å². The molecule has 0 aliphatic heterocycles. The molecule has 116 valence electrons. The highest BCUT2D eigenvalue weighted by Gasteiger charge is 2.23. The molecule has 0 fully saturated rings. The van der Waals surface area contributed by atoms with Gasteiger partial charge < -0.3 is 19.5 Å². The van der Waals surface area contributed by atoms with Crippen molar-refractivity contribution in [3.8, 4) is 5.75 Å². The van der Waals surface area contributed by atoms with Crippen molar-refractivity contribution in [1.29, 1.82) is 0 Å². The minimum atomic E-state index is -1.07. The lowest BCUT2D eigenvalue weighted by Gasteiger charge is -2.24. The number of amides is 1. The van der Waals surface area contributed by atoms with E-state index in [1.807, 2.05) is 6.07 Å². The first-order valence-corrected chi connectivity index (χ1v) is 7.15. The quantitative estimate of drug-likeness (QED) is 0.765. The SMILES string of the molecule is COCCN(CC(=O)O)C(=O)C(C)Oc1cccc(Br)c1. The molecule has 1 aromatic rings. The Labute approximate surface area is 131 Å². The van der Waals surface area contributed by atoms with Gasteiger partial charge in [-0.3, -0.25) is 9.59 Å². The van der Waals surface area contributed by atoms with Gasteiger partial charge in [0.25, 0.3) is 5.91 Å². The molecular weight excluding hydrogens is 342 g/mol. The number of rotatable bonds is 8. The Morgan fingerprint density at radius 1 is 1.43 bits per heavy atom. The molecule has 7 heteroatoms. The number of carbonyl (C=O) groups excluding carboxylic acids is 1. The predicted octanol–water partition coefficient (Wildman–Crippen LogP) is 1.78. The second kappa shape index (κ2) is 8.63. The van der Waals surface area contributed by atoms with Crippen LogP contribution >= 0.6 is 15.9 Å². The van der Waals surface area contributed by atoms with Crippen molar-refractivity contribution in [2.45, 2.75) is 13.0 Å². The average Bonchev–Trinajstić information content (AvgIpc) is 2.42. The van der Waals surface area contributed by atoms with Gasteiger partial charge in [0.05, 0.1) is 6.61 Å². The maximum absolute atomic E-state index is 12.2. The third-order valence-electron chi connectivity index (χ3n) is 2.66. The van der Waals surface area contributed by atoms with E-state index in [1.54, 1.807) is 25.1 Å². The summed E-state index contributed by atoms with van der Waals surface area (Å²) >= 11 is 3.32. The number of carbonyl (C=O) groups is 2. The molecule has 6 nitrogen and oxygen atoms in total. The molecule has 1 atom stereocenters. The van der Waals surface area contributed by atoms with E-state index in [0.717, 1.165) is 4.47 Å². The monoisotopic (exact) mass is 359 g/mol. The largest absolute Gasteiger partial charge is 0.481 e. The Balaban J connectivity index is 2.70. The van der Waals surface area contributed by atoms with Crippen molar-refractivity contribution in [2.24, 2.45) is 0 Å². The maximum atomic E-state index is 12.2. The van der Waals surface area contributed by atoms with Crippen molar-refractivity contribution in [3.63, 3.8) is 0 Å². The molecule has 0 aliphatic rings. The van der Waals surface area contributed by atoms with Gasteiger partial charge >= 0.3 is 5.97 Å². The molecule has 0 spiro atoms. The smallest absolute Gasteiger partial charge is 0.323 e. The first kappa shape index (κ1) is 17.5. The van der Waals surface area contributed by atoms with Crippen LogP contribution in [0.3, 0.4) is 0 Å². The average molecular weight is 360 g/mol. The summed E-state index contributed by atoms with van der Waals surface area (Å²) in [6.07, 6.45) is -0.782. The molecule has 0 saturated heterocycles. The van der Waals surface area contributed by atoms with Crippen molar-refractivity contribution in [3.05, 3.63) is 28.7 Å². The molecule has 0 aliphatic carbocycles. The van der Waals surface area contributed by atoms with Crippen LogP contribution in [0.4, 0.5) is 0 Å². The molecule has 21 heavy (non-hydrogen) atoms. The van der Waals surface area contributed by atoms with E-state index in [-0.39, 0.29) is 19.7 Å². The summed E-state index contributed by atoms with van der Waals surface area (Å²) in [5.74, 6) is -0.934. The number of ether oxygens (including phenoxy) is 2. The third kappa shape index (κ3) is 6.14. The zero-order valence-corrected chi connectivity index (χ0v) is 13.5. The minimum Gasteiger partial charge on any atom is -0.481 e. The van der Waals surface area contributed by atoms with Crippen LogP contribution in [-0.4, -0.2) is 54.8 Å². The standard InChI is InChI=1S/C14H18BrNO5/c1-10(21-12-5-3-4-11(15)8-12)14(19)16(6-7-20-2)9-13(17)18/h3-5,8,10H,6-7,9H2,1-2H3,(H,17,18). The number of nitrogens with zero attached hydrogens (tertiary/aromatic N) is 1. The van der Waals surface area contributed by atoms with Gasteiger partial charge in [-0.15, -0.1) is 0 Å². The number of hydrogen-bond acceptors (Lipinski definition) is 4. The van der Waals surface area contributed by atoms with E-state index in [2.05, 4.69) is 15.9 Å². The molecule has 1 aromatic carbocycles. The predicted molar refractivity (Wildman–Crippen MR) is 80.3 cm³/mol. The van der Waals surface area contributed by atoms with E-state index in [4.69, 9.17) is 14.6 Å². The lowest BCUT2D eigenvalue weighted by molar-refractivity contribution is -0.148. The second-order valence-electron chi connectivity index (χ2n) is 4.36. The van der Waals surface area contributed by atoms with E-state index < -0.39 is 18.0 Å². The van der Waals surface area contributed by atoms with E-state index >= 15 is 0 Å². The van der Waals surface area contributed by atoms with E-state index in [1.165, 1.54) is 12.0 Å². The van der Waals surface area contributed by atoms with Crippen molar-refractivity contribution in [2.75, 3.05) is 26.8 Å². The fourth-order valence-corrected chi connectivity index (χ4v) is 2.06. The van der Waals surface area contributed by atoms with Crippen LogP contribution in [0.15, 0.2) is 28.7 Å². The Kier molecular flexibility index (Phi) is 7.18. The summed E-state index contributed by atoms with van der Waals surface area (Å²) in [5.41, 5.74) is 0. The number of halogens is 1. The van der Waals surface area contributed by atoms with Crippen LogP contribution in [0.25, 0.3) is 0 Å². The normalized spacial score (nSPS) is 11.8. The van der Waals surface area contributed by atoms with Gasteiger partial charge in [0.2, 0.25) is 0 Å². The molecule has 1 unspecified atom stereocenters. The van der Waals surface area contributed by atoms with Gasteiger partial charge in [-0.05, 0) is 25.1 Å². The zero-order valence-electron chi connectivity index (χ0n) is 11.9. The second-order valence-corrected chi connectivity index (χ2v) is 5.28. The molecule has 0 aromatic heterocycles. The van der Waals surface area contributed by atoms with E-state index in [9.17, 15) is 9.59 Å². The summed E-state index contributed by atoms with van der Waals surface area (Å²) in [6, 6.07) is 7.09. The molecule has 0 saturated carbocycles. The highest BCUT2D eigenvalue weighted by Crippen LogP contribution is 2.19. The van der Waals surface area contributed by atoms with Crippen molar-refractivity contribution >= 4 is 27.8 Å². The van der Waals surface area contributed by atoms with Gasteiger partial charge in [-0.1, -0.05) is 22.0 Å². The lowest BCUT2D eigenvalue weighted by Crippen LogP contribution is -2.44. The number of carboxylic acids is 1. The third-order valence-corrected chi connectivity index (χ3v) is 3.15. The Hall–Kier alpha value is -1.60. The molecule has 0 bridgehead atoms. The van der Waals surface area contributed by atoms with Gasteiger partial charge in [0.15, 0.2) is 6.10 Å². The molecule has 1 amide bonds. The molecule has 1 N–H and O–H groups in total. The summed E-state index contributed by atoms with van der Waals surface area (Å²) in [5, 5.41) is 8.86. The molecule has 0 heterocycles. The van der Waals surface area contributed by atoms with Crippen LogP contribution < -0.4 is 4.74 Å². The summed E-state index contributed by atoms with van der Waals surface area (Å²) in [7, 11) is 1.49. The number of hydrogen-bond donors (Lipinski definition) is 1. The first-order valence-electron chi connectivity index (χ1n) is 6.35. The Morgan fingerprint density at radius 3 is 2.71 bits per heavy atom. The van der Waals surface area contributed by atoms with Gasteiger partial charge in [0, 0.05) is 18.1 Å².